The van der Waals surface area contributed by atoms with E-state index in [1.165, 1.54) is 0 Å². The molecule has 0 fully saturated rings. The number of ether oxygens (including phenoxy) is 2. The highest BCUT2D eigenvalue weighted by Crippen LogP contribution is 2.33. The standard InChI is InChI=1S/C14H17BrO3/c1-14(2,17-3)8-10-7-12(16)11-5-4-9(15)6-13(11)18-10/h4-6,10H,7-8H2,1-3H3. The molecule has 1 aliphatic rings. The number of Topliss-reactive ketones (excluding diaryl/α,β-unsaturated/α-hetero) is 1. The van der Waals surface area contributed by atoms with Crippen LogP contribution in [0.4, 0.5) is 0 Å². The van der Waals surface area contributed by atoms with E-state index in [2.05, 4.69) is 15.9 Å². The molecular weight excluding hydrogens is 296 g/mol. The van der Waals surface area contributed by atoms with E-state index >= 15 is 0 Å². The maximum Gasteiger partial charge on any atom is 0.170 e. The van der Waals surface area contributed by atoms with Gasteiger partial charge >= 0.3 is 0 Å². The van der Waals surface area contributed by atoms with E-state index in [1.54, 1.807) is 13.2 Å². The van der Waals surface area contributed by atoms with Crippen LogP contribution in [0.1, 0.15) is 37.0 Å². The molecular formula is C14H17BrO3. The summed E-state index contributed by atoms with van der Waals surface area (Å²) in [4.78, 5) is 12.0. The van der Waals surface area contributed by atoms with E-state index in [-0.39, 0.29) is 17.5 Å². The lowest BCUT2D eigenvalue weighted by Gasteiger charge is -2.31. The topological polar surface area (TPSA) is 35.5 Å². The molecule has 0 N–H and O–H groups in total. The number of carbonyl (C=O) groups excluding carboxylic acids is 1. The number of hydrogen-bond acceptors (Lipinski definition) is 3. The van der Waals surface area contributed by atoms with Crippen LogP contribution in [0, 0.1) is 0 Å². The maximum atomic E-state index is 12.0. The Labute approximate surface area is 116 Å². The Morgan fingerprint density at radius 3 is 2.89 bits per heavy atom. The highest BCUT2D eigenvalue weighted by molar-refractivity contribution is 9.10. The van der Waals surface area contributed by atoms with Crippen molar-refractivity contribution >= 4 is 21.7 Å². The number of halogens is 1. The van der Waals surface area contributed by atoms with Crippen LogP contribution in [-0.2, 0) is 4.74 Å². The molecule has 0 radical (unpaired) electrons. The van der Waals surface area contributed by atoms with E-state index < -0.39 is 0 Å². The van der Waals surface area contributed by atoms with Gasteiger partial charge in [0, 0.05) is 24.4 Å². The normalized spacial score (nSPS) is 19.3. The fourth-order valence-corrected chi connectivity index (χ4v) is 2.45. The molecule has 0 amide bonds. The summed E-state index contributed by atoms with van der Waals surface area (Å²) in [6, 6.07) is 5.51. The van der Waals surface area contributed by atoms with Crippen LogP contribution in [0.3, 0.4) is 0 Å². The molecule has 98 valence electrons. The first-order valence-electron chi connectivity index (χ1n) is 5.96. The van der Waals surface area contributed by atoms with Crippen LogP contribution >= 0.6 is 15.9 Å². The molecule has 3 nitrogen and oxygen atoms in total. The number of fused-ring (bicyclic) bond motifs is 1. The monoisotopic (exact) mass is 312 g/mol. The molecule has 0 bridgehead atoms. The fraction of sp³-hybridized carbons (Fsp3) is 0.500. The van der Waals surface area contributed by atoms with Crippen LogP contribution in [0.15, 0.2) is 22.7 Å². The van der Waals surface area contributed by atoms with Crippen LogP contribution in [-0.4, -0.2) is 24.6 Å². The quantitative estimate of drug-likeness (QED) is 0.855. The zero-order chi connectivity index (χ0) is 13.3. The molecule has 4 heteroatoms. The molecule has 0 saturated heterocycles. The zero-order valence-corrected chi connectivity index (χ0v) is 12.4. The predicted octanol–water partition coefficient (Wildman–Crippen LogP) is 3.60. The van der Waals surface area contributed by atoms with Gasteiger partial charge in [0.15, 0.2) is 5.78 Å². The van der Waals surface area contributed by atoms with Gasteiger partial charge < -0.3 is 9.47 Å². The number of ketones is 1. The first-order valence-corrected chi connectivity index (χ1v) is 6.75. The predicted molar refractivity (Wildman–Crippen MR) is 73.2 cm³/mol. The molecule has 1 heterocycles. The Morgan fingerprint density at radius 2 is 2.22 bits per heavy atom. The summed E-state index contributed by atoms with van der Waals surface area (Å²) in [5, 5.41) is 0. The van der Waals surface area contributed by atoms with E-state index in [4.69, 9.17) is 9.47 Å². The van der Waals surface area contributed by atoms with Crippen molar-refractivity contribution in [3.05, 3.63) is 28.2 Å². The lowest BCUT2D eigenvalue weighted by Crippen LogP contribution is -2.35. The Bertz CT molecular complexity index is 468. The van der Waals surface area contributed by atoms with Crippen molar-refractivity contribution in [2.24, 2.45) is 0 Å². The van der Waals surface area contributed by atoms with Crippen LogP contribution in [0.5, 0.6) is 5.75 Å². The SMILES string of the molecule is COC(C)(C)CC1CC(=O)c2ccc(Br)cc2O1. The van der Waals surface area contributed by atoms with Crippen molar-refractivity contribution in [1.82, 2.24) is 0 Å². The maximum absolute atomic E-state index is 12.0. The lowest BCUT2D eigenvalue weighted by molar-refractivity contribution is -0.0157. The van der Waals surface area contributed by atoms with Crippen molar-refractivity contribution in [3.63, 3.8) is 0 Å². The number of hydrogen-bond donors (Lipinski definition) is 0. The number of carbonyl (C=O) groups is 1. The average molecular weight is 313 g/mol. The van der Waals surface area contributed by atoms with Crippen LogP contribution in [0.25, 0.3) is 0 Å². The summed E-state index contributed by atoms with van der Waals surface area (Å²) < 4.78 is 12.2. The van der Waals surface area contributed by atoms with Gasteiger partial charge in [-0.1, -0.05) is 15.9 Å². The van der Waals surface area contributed by atoms with Gasteiger partial charge in [-0.25, -0.2) is 0 Å². The van der Waals surface area contributed by atoms with E-state index in [9.17, 15) is 4.79 Å². The molecule has 0 aromatic heterocycles. The summed E-state index contributed by atoms with van der Waals surface area (Å²) in [5.41, 5.74) is 0.388. The zero-order valence-electron chi connectivity index (χ0n) is 10.8. The van der Waals surface area contributed by atoms with Crippen molar-refractivity contribution in [3.8, 4) is 5.75 Å². The van der Waals surface area contributed by atoms with Crippen molar-refractivity contribution in [2.75, 3.05) is 7.11 Å². The molecule has 2 rings (SSSR count). The minimum absolute atomic E-state index is 0.116. The average Bonchev–Trinajstić information content (AvgIpc) is 2.27. The molecule has 0 spiro atoms. The van der Waals surface area contributed by atoms with Gasteiger partial charge in [-0.3, -0.25) is 4.79 Å². The van der Waals surface area contributed by atoms with E-state index in [0.29, 0.717) is 24.2 Å². The Kier molecular flexibility index (Phi) is 3.78. The first kappa shape index (κ1) is 13.6. The van der Waals surface area contributed by atoms with Crippen molar-refractivity contribution < 1.29 is 14.3 Å². The second-order valence-corrected chi connectivity index (χ2v) is 6.09. The summed E-state index contributed by atoms with van der Waals surface area (Å²) in [6.07, 6.45) is 0.997. The number of benzene rings is 1. The summed E-state index contributed by atoms with van der Waals surface area (Å²) >= 11 is 3.39. The van der Waals surface area contributed by atoms with Crippen LogP contribution < -0.4 is 4.74 Å². The Balaban J connectivity index is 2.19. The fourth-order valence-electron chi connectivity index (χ4n) is 2.11. The molecule has 18 heavy (non-hydrogen) atoms. The summed E-state index contributed by atoms with van der Waals surface area (Å²) in [5.74, 6) is 0.804. The number of methoxy groups -OCH3 is 1. The minimum atomic E-state index is -0.283. The minimum Gasteiger partial charge on any atom is -0.489 e. The number of rotatable bonds is 3. The largest absolute Gasteiger partial charge is 0.489 e. The van der Waals surface area contributed by atoms with E-state index in [1.807, 2.05) is 26.0 Å². The van der Waals surface area contributed by atoms with Crippen molar-refractivity contribution in [1.29, 1.82) is 0 Å². The molecule has 1 aromatic rings. The third-order valence-corrected chi connectivity index (χ3v) is 3.72. The van der Waals surface area contributed by atoms with Gasteiger partial charge in [0.05, 0.1) is 11.2 Å². The first-order chi connectivity index (χ1) is 8.41. The van der Waals surface area contributed by atoms with Gasteiger partial charge in [0.2, 0.25) is 0 Å². The molecule has 1 atom stereocenters. The molecule has 1 aromatic carbocycles. The molecule has 0 aliphatic carbocycles. The highest BCUT2D eigenvalue weighted by atomic mass is 79.9. The summed E-state index contributed by atoms with van der Waals surface area (Å²) in [6.45, 7) is 3.99. The van der Waals surface area contributed by atoms with Crippen molar-refractivity contribution in [2.45, 2.75) is 38.4 Å². The lowest BCUT2D eigenvalue weighted by atomic mass is 9.93. The molecule has 1 unspecified atom stereocenters. The third-order valence-electron chi connectivity index (χ3n) is 3.22. The van der Waals surface area contributed by atoms with Gasteiger partial charge in [0.1, 0.15) is 11.9 Å². The molecule has 1 aliphatic heterocycles. The van der Waals surface area contributed by atoms with Gasteiger partial charge in [-0.2, -0.15) is 0 Å². The Hall–Kier alpha value is -0.870. The second kappa shape index (κ2) is 5.02. The second-order valence-electron chi connectivity index (χ2n) is 5.18. The van der Waals surface area contributed by atoms with Crippen LogP contribution in [0.2, 0.25) is 0 Å². The van der Waals surface area contributed by atoms with Gasteiger partial charge in [-0.15, -0.1) is 0 Å². The Morgan fingerprint density at radius 1 is 1.50 bits per heavy atom. The molecule has 0 saturated carbocycles. The third kappa shape index (κ3) is 2.93. The van der Waals surface area contributed by atoms with E-state index in [0.717, 1.165) is 4.47 Å². The summed E-state index contributed by atoms with van der Waals surface area (Å²) in [7, 11) is 1.68. The smallest absolute Gasteiger partial charge is 0.170 e. The highest BCUT2D eigenvalue weighted by Gasteiger charge is 2.31. The van der Waals surface area contributed by atoms with Gasteiger partial charge in [0.25, 0.3) is 0 Å². The van der Waals surface area contributed by atoms with Gasteiger partial charge in [-0.05, 0) is 32.0 Å².